The Bertz CT molecular complexity index is 144. The highest BCUT2D eigenvalue weighted by Gasteiger charge is 2.17. The van der Waals surface area contributed by atoms with Gasteiger partial charge in [0, 0.05) is 13.1 Å². The number of nitrogens with two attached hydrogens (primary N) is 1. The second-order valence-corrected chi connectivity index (χ2v) is 3.88. The number of aliphatic hydroxyl groups excluding tert-OH is 1. The van der Waals surface area contributed by atoms with Crippen molar-refractivity contribution in [1.29, 1.82) is 0 Å². The summed E-state index contributed by atoms with van der Waals surface area (Å²) in [6.45, 7) is 5.33. The Morgan fingerprint density at radius 1 is 1.43 bits per heavy atom. The third kappa shape index (κ3) is 4.37. The molecule has 84 valence electrons. The lowest BCUT2D eigenvalue weighted by Gasteiger charge is -2.31. The Labute approximate surface area is 86.0 Å². The van der Waals surface area contributed by atoms with Crippen LogP contribution in [0.4, 0.5) is 0 Å². The van der Waals surface area contributed by atoms with Gasteiger partial charge in [-0.15, -0.1) is 0 Å². The van der Waals surface area contributed by atoms with Crippen LogP contribution in [-0.2, 0) is 4.74 Å². The van der Waals surface area contributed by atoms with Gasteiger partial charge in [-0.2, -0.15) is 0 Å². The van der Waals surface area contributed by atoms with Gasteiger partial charge in [-0.25, -0.2) is 0 Å². The molecule has 4 heteroatoms. The second kappa shape index (κ2) is 7.17. The molecule has 1 saturated heterocycles. The summed E-state index contributed by atoms with van der Waals surface area (Å²) in [5.74, 6) is 0.668. The first-order valence-corrected chi connectivity index (χ1v) is 5.48. The molecule has 0 bridgehead atoms. The second-order valence-electron chi connectivity index (χ2n) is 3.88. The fourth-order valence-electron chi connectivity index (χ4n) is 1.91. The zero-order valence-electron chi connectivity index (χ0n) is 8.82. The number of aliphatic hydroxyl groups is 1. The highest BCUT2D eigenvalue weighted by molar-refractivity contribution is 4.73. The van der Waals surface area contributed by atoms with Crippen LogP contribution in [0.25, 0.3) is 0 Å². The Kier molecular flexibility index (Phi) is 6.10. The summed E-state index contributed by atoms with van der Waals surface area (Å²) < 4.78 is 5.23. The van der Waals surface area contributed by atoms with Crippen molar-refractivity contribution >= 4 is 0 Å². The minimum Gasteiger partial charge on any atom is -0.394 e. The molecule has 1 aliphatic heterocycles. The van der Waals surface area contributed by atoms with E-state index in [1.54, 1.807) is 0 Å². The van der Waals surface area contributed by atoms with Crippen molar-refractivity contribution in [2.45, 2.75) is 12.8 Å². The Morgan fingerprint density at radius 2 is 2.29 bits per heavy atom. The van der Waals surface area contributed by atoms with Crippen molar-refractivity contribution in [2.75, 3.05) is 46.0 Å². The summed E-state index contributed by atoms with van der Waals surface area (Å²) >= 11 is 0. The summed E-state index contributed by atoms with van der Waals surface area (Å²) in [7, 11) is 0. The van der Waals surface area contributed by atoms with Crippen LogP contribution in [0.2, 0.25) is 0 Å². The lowest BCUT2D eigenvalue weighted by molar-refractivity contribution is 0.0632. The molecule has 0 aromatic heterocycles. The van der Waals surface area contributed by atoms with E-state index in [2.05, 4.69) is 4.90 Å². The van der Waals surface area contributed by atoms with E-state index in [9.17, 15) is 0 Å². The number of ether oxygens (including phenoxy) is 1. The molecule has 0 aromatic carbocycles. The van der Waals surface area contributed by atoms with Gasteiger partial charge in [0.05, 0.1) is 19.8 Å². The van der Waals surface area contributed by atoms with Gasteiger partial charge in [-0.3, -0.25) is 0 Å². The van der Waals surface area contributed by atoms with Crippen molar-refractivity contribution in [2.24, 2.45) is 11.7 Å². The summed E-state index contributed by atoms with van der Waals surface area (Å²) in [6, 6.07) is 0. The van der Waals surface area contributed by atoms with Crippen molar-refractivity contribution in [3.05, 3.63) is 0 Å². The van der Waals surface area contributed by atoms with Gasteiger partial charge in [-0.1, -0.05) is 0 Å². The van der Waals surface area contributed by atoms with Crippen LogP contribution in [0.5, 0.6) is 0 Å². The lowest BCUT2D eigenvalue weighted by atomic mass is 9.98. The molecule has 1 fully saturated rings. The molecule has 3 N–H and O–H groups in total. The summed E-state index contributed by atoms with van der Waals surface area (Å²) in [5, 5.41) is 8.53. The standard InChI is InChI=1S/C10H22N2O2/c11-8-10-2-1-3-12(9-10)4-6-14-7-5-13/h10,13H,1-9,11H2. The smallest absolute Gasteiger partial charge is 0.0698 e. The number of rotatable bonds is 6. The van der Waals surface area contributed by atoms with Crippen LogP contribution in [0.3, 0.4) is 0 Å². The van der Waals surface area contributed by atoms with Crippen molar-refractivity contribution in [3.63, 3.8) is 0 Å². The van der Waals surface area contributed by atoms with E-state index in [4.69, 9.17) is 15.6 Å². The molecule has 14 heavy (non-hydrogen) atoms. The first-order chi connectivity index (χ1) is 6.86. The Balaban J connectivity index is 2.05. The zero-order chi connectivity index (χ0) is 10.2. The van der Waals surface area contributed by atoms with Crippen molar-refractivity contribution in [1.82, 2.24) is 4.90 Å². The van der Waals surface area contributed by atoms with E-state index in [1.807, 2.05) is 0 Å². The average Bonchev–Trinajstić information content (AvgIpc) is 2.25. The molecule has 0 aliphatic carbocycles. The van der Waals surface area contributed by atoms with Gasteiger partial charge in [0.25, 0.3) is 0 Å². The molecule has 0 radical (unpaired) electrons. The maximum atomic E-state index is 8.53. The highest BCUT2D eigenvalue weighted by Crippen LogP contribution is 2.14. The predicted octanol–water partition coefficient (Wildman–Crippen LogP) is -0.334. The average molecular weight is 202 g/mol. The van der Waals surface area contributed by atoms with E-state index in [0.717, 1.165) is 26.2 Å². The van der Waals surface area contributed by atoms with E-state index in [-0.39, 0.29) is 6.61 Å². The van der Waals surface area contributed by atoms with E-state index >= 15 is 0 Å². The van der Waals surface area contributed by atoms with Crippen molar-refractivity contribution < 1.29 is 9.84 Å². The van der Waals surface area contributed by atoms with Gasteiger partial charge in [0.1, 0.15) is 0 Å². The topological polar surface area (TPSA) is 58.7 Å². The van der Waals surface area contributed by atoms with Crippen LogP contribution < -0.4 is 5.73 Å². The third-order valence-corrected chi connectivity index (χ3v) is 2.72. The minimum absolute atomic E-state index is 0.116. The number of hydrogen-bond donors (Lipinski definition) is 2. The van der Waals surface area contributed by atoms with Crippen LogP contribution in [0.15, 0.2) is 0 Å². The highest BCUT2D eigenvalue weighted by atomic mass is 16.5. The van der Waals surface area contributed by atoms with Crippen molar-refractivity contribution in [3.8, 4) is 0 Å². The monoisotopic (exact) mass is 202 g/mol. The molecular formula is C10H22N2O2. The van der Waals surface area contributed by atoms with Crippen LogP contribution >= 0.6 is 0 Å². The number of piperidine rings is 1. The van der Waals surface area contributed by atoms with Gasteiger partial charge in [0.15, 0.2) is 0 Å². The predicted molar refractivity (Wildman–Crippen MR) is 56.1 cm³/mol. The molecule has 0 aromatic rings. The number of likely N-dealkylation sites (tertiary alicyclic amines) is 1. The summed E-state index contributed by atoms with van der Waals surface area (Å²) in [6.07, 6.45) is 2.52. The third-order valence-electron chi connectivity index (χ3n) is 2.72. The molecule has 1 atom stereocenters. The Morgan fingerprint density at radius 3 is 3.00 bits per heavy atom. The van der Waals surface area contributed by atoms with E-state index in [1.165, 1.54) is 19.4 Å². The molecule has 0 spiro atoms. The minimum atomic E-state index is 0.116. The number of hydrogen-bond acceptors (Lipinski definition) is 4. The molecule has 1 unspecified atom stereocenters. The molecule has 0 saturated carbocycles. The maximum Gasteiger partial charge on any atom is 0.0698 e. The molecule has 0 amide bonds. The van der Waals surface area contributed by atoms with Gasteiger partial charge in [0.2, 0.25) is 0 Å². The number of nitrogens with zero attached hydrogens (tertiary/aromatic N) is 1. The fraction of sp³-hybridized carbons (Fsp3) is 1.00. The molecule has 1 rings (SSSR count). The first kappa shape index (κ1) is 11.9. The van der Waals surface area contributed by atoms with Crippen LogP contribution in [0.1, 0.15) is 12.8 Å². The SMILES string of the molecule is NCC1CCCN(CCOCCO)C1. The van der Waals surface area contributed by atoms with E-state index in [0.29, 0.717) is 12.5 Å². The van der Waals surface area contributed by atoms with Gasteiger partial charge in [-0.05, 0) is 31.8 Å². The lowest BCUT2D eigenvalue weighted by Crippen LogP contribution is -2.40. The fourth-order valence-corrected chi connectivity index (χ4v) is 1.91. The summed E-state index contributed by atoms with van der Waals surface area (Å²) in [5.41, 5.74) is 5.65. The maximum absolute atomic E-state index is 8.53. The zero-order valence-corrected chi connectivity index (χ0v) is 8.82. The molecule has 1 aliphatic rings. The van der Waals surface area contributed by atoms with Crippen LogP contribution in [-0.4, -0.2) is 56.0 Å². The van der Waals surface area contributed by atoms with Gasteiger partial charge >= 0.3 is 0 Å². The normalized spacial score (nSPS) is 24.0. The molecule has 4 nitrogen and oxygen atoms in total. The Hall–Kier alpha value is -0.160. The molecular weight excluding hydrogens is 180 g/mol. The molecule has 1 heterocycles. The van der Waals surface area contributed by atoms with Gasteiger partial charge < -0.3 is 20.5 Å². The largest absolute Gasteiger partial charge is 0.394 e. The van der Waals surface area contributed by atoms with Crippen LogP contribution in [0, 0.1) is 5.92 Å². The van der Waals surface area contributed by atoms with E-state index < -0.39 is 0 Å². The quantitative estimate of drug-likeness (QED) is 0.579. The first-order valence-electron chi connectivity index (χ1n) is 5.48. The summed E-state index contributed by atoms with van der Waals surface area (Å²) in [4.78, 5) is 2.40.